The summed E-state index contributed by atoms with van der Waals surface area (Å²) in [5.74, 6) is 3.98. The predicted octanol–water partition coefficient (Wildman–Crippen LogP) is 1.44. The number of benzene rings is 1. The van der Waals surface area contributed by atoms with Crippen LogP contribution in [-0.4, -0.2) is 37.5 Å². The number of aliphatic hydroxyl groups excluding tert-OH is 1. The van der Waals surface area contributed by atoms with E-state index in [0.717, 1.165) is 5.75 Å². The summed E-state index contributed by atoms with van der Waals surface area (Å²) in [6, 6.07) is 7.47. The van der Waals surface area contributed by atoms with Gasteiger partial charge in [0, 0.05) is 25.1 Å². The lowest BCUT2D eigenvalue weighted by molar-refractivity contribution is 0.104. The Morgan fingerprint density at radius 2 is 2.16 bits per heavy atom. The highest BCUT2D eigenvalue weighted by atomic mass is 16.5. The molecule has 4 heteroatoms. The van der Waals surface area contributed by atoms with Crippen LogP contribution in [0.1, 0.15) is 13.3 Å². The van der Waals surface area contributed by atoms with E-state index in [9.17, 15) is 5.11 Å². The van der Waals surface area contributed by atoms with E-state index in [1.165, 1.54) is 0 Å². The van der Waals surface area contributed by atoms with Crippen molar-refractivity contribution in [1.82, 2.24) is 5.32 Å². The molecule has 0 saturated carbocycles. The van der Waals surface area contributed by atoms with Crippen molar-refractivity contribution in [2.24, 2.45) is 0 Å². The van der Waals surface area contributed by atoms with E-state index in [1.807, 2.05) is 25.1 Å². The minimum atomic E-state index is -0.577. The molecule has 1 rings (SSSR count). The molecule has 104 valence electrons. The van der Waals surface area contributed by atoms with Gasteiger partial charge in [-0.25, -0.2) is 0 Å². The summed E-state index contributed by atoms with van der Waals surface area (Å²) in [7, 11) is 1.60. The molecule has 2 atom stereocenters. The summed E-state index contributed by atoms with van der Waals surface area (Å²) in [5.41, 5.74) is 0. The van der Waals surface area contributed by atoms with Gasteiger partial charge in [0.05, 0.1) is 7.11 Å². The SMILES string of the molecule is C#CCC(C)NCC(O)COc1cccc(OC)c1. The van der Waals surface area contributed by atoms with Gasteiger partial charge in [0.2, 0.25) is 0 Å². The second-order valence-electron chi connectivity index (χ2n) is 4.36. The van der Waals surface area contributed by atoms with Crippen LogP contribution in [0.15, 0.2) is 24.3 Å². The van der Waals surface area contributed by atoms with Crippen molar-refractivity contribution in [1.29, 1.82) is 0 Å². The number of hydrogen-bond acceptors (Lipinski definition) is 4. The Morgan fingerprint density at radius 3 is 2.84 bits per heavy atom. The van der Waals surface area contributed by atoms with Crippen LogP contribution in [-0.2, 0) is 0 Å². The quantitative estimate of drug-likeness (QED) is 0.697. The predicted molar refractivity (Wildman–Crippen MR) is 75.4 cm³/mol. The first-order chi connectivity index (χ1) is 9.15. The second kappa shape index (κ2) is 8.41. The van der Waals surface area contributed by atoms with E-state index in [0.29, 0.717) is 18.7 Å². The Morgan fingerprint density at radius 1 is 1.42 bits per heavy atom. The van der Waals surface area contributed by atoms with Crippen LogP contribution in [0.4, 0.5) is 0 Å². The Bertz CT molecular complexity index is 414. The highest BCUT2D eigenvalue weighted by Gasteiger charge is 2.07. The Balaban J connectivity index is 2.29. The van der Waals surface area contributed by atoms with Crippen LogP contribution in [0.3, 0.4) is 0 Å². The molecular weight excluding hydrogens is 242 g/mol. The Hall–Kier alpha value is -1.70. The molecule has 0 aliphatic rings. The summed E-state index contributed by atoms with van der Waals surface area (Å²) >= 11 is 0. The molecule has 0 saturated heterocycles. The minimum Gasteiger partial charge on any atom is -0.497 e. The van der Waals surface area contributed by atoms with Crippen LogP contribution in [0.2, 0.25) is 0 Å². The maximum atomic E-state index is 9.78. The summed E-state index contributed by atoms with van der Waals surface area (Å²) in [6.45, 7) is 2.66. The average Bonchev–Trinajstić information content (AvgIpc) is 2.43. The molecule has 1 aromatic carbocycles. The van der Waals surface area contributed by atoms with Gasteiger partial charge in [-0.05, 0) is 19.1 Å². The van der Waals surface area contributed by atoms with Gasteiger partial charge < -0.3 is 19.9 Å². The lowest BCUT2D eigenvalue weighted by Gasteiger charge is -2.16. The molecule has 0 amide bonds. The van der Waals surface area contributed by atoms with Crippen LogP contribution in [0.5, 0.6) is 11.5 Å². The normalized spacial score (nSPS) is 13.4. The van der Waals surface area contributed by atoms with Crippen molar-refractivity contribution in [3.05, 3.63) is 24.3 Å². The third-order valence-corrected chi connectivity index (χ3v) is 2.61. The number of nitrogens with one attached hydrogen (secondary N) is 1. The van der Waals surface area contributed by atoms with E-state index in [-0.39, 0.29) is 12.6 Å². The Labute approximate surface area is 114 Å². The zero-order valence-corrected chi connectivity index (χ0v) is 11.4. The fraction of sp³-hybridized carbons (Fsp3) is 0.467. The fourth-order valence-electron chi connectivity index (χ4n) is 1.53. The standard InChI is InChI=1S/C15H21NO3/c1-4-6-12(2)16-10-13(17)11-19-15-8-5-7-14(9-15)18-3/h1,5,7-9,12-13,16-17H,6,10-11H2,2-3H3. The summed E-state index contributed by atoms with van der Waals surface area (Å²) in [4.78, 5) is 0. The molecule has 0 fully saturated rings. The van der Waals surface area contributed by atoms with Crippen molar-refractivity contribution in [2.45, 2.75) is 25.5 Å². The van der Waals surface area contributed by atoms with Gasteiger partial charge in [-0.15, -0.1) is 12.3 Å². The number of ether oxygens (including phenoxy) is 2. The van der Waals surface area contributed by atoms with Gasteiger partial charge in [0.1, 0.15) is 24.2 Å². The third kappa shape index (κ3) is 6.14. The minimum absolute atomic E-state index is 0.191. The average molecular weight is 263 g/mol. The first kappa shape index (κ1) is 15.4. The van der Waals surface area contributed by atoms with Gasteiger partial charge >= 0.3 is 0 Å². The summed E-state index contributed by atoms with van der Waals surface area (Å²) in [6.07, 6.45) is 5.27. The molecule has 0 spiro atoms. The molecule has 2 unspecified atom stereocenters. The highest BCUT2D eigenvalue weighted by molar-refractivity contribution is 5.32. The van der Waals surface area contributed by atoms with Crippen LogP contribution in [0, 0.1) is 12.3 Å². The summed E-state index contributed by atoms with van der Waals surface area (Å²) in [5, 5.41) is 12.9. The molecule has 2 N–H and O–H groups in total. The molecule has 0 radical (unpaired) electrons. The third-order valence-electron chi connectivity index (χ3n) is 2.61. The second-order valence-corrected chi connectivity index (χ2v) is 4.36. The number of terminal acetylenes is 1. The topological polar surface area (TPSA) is 50.7 Å². The monoisotopic (exact) mass is 263 g/mol. The first-order valence-electron chi connectivity index (χ1n) is 6.27. The van der Waals surface area contributed by atoms with Gasteiger partial charge in [0.25, 0.3) is 0 Å². The van der Waals surface area contributed by atoms with Gasteiger partial charge in [0.15, 0.2) is 0 Å². The first-order valence-corrected chi connectivity index (χ1v) is 6.27. The van der Waals surface area contributed by atoms with Crippen molar-refractivity contribution >= 4 is 0 Å². The largest absolute Gasteiger partial charge is 0.497 e. The van der Waals surface area contributed by atoms with E-state index in [4.69, 9.17) is 15.9 Å². The van der Waals surface area contributed by atoms with Crippen LogP contribution < -0.4 is 14.8 Å². The summed E-state index contributed by atoms with van der Waals surface area (Å²) < 4.78 is 10.6. The molecule has 1 aromatic rings. The zero-order valence-electron chi connectivity index (χ0n) is 11.4. The molecule has 19 heavy (non-hydrogen) atoms. The molecule has 4 nitrogen and oxygen atoms in total. The number of methoxy groups -OCH3 is 1. The van der Waals surface area contributed by atoms with E-state index >= 15 is 0 Å². The number of aliphatic hydroxyl groups is 1. The molecule has 0 aromatic heterocycles. The molecule has 0 aliphatic heterocycles. The van der Waals surface area contributed by atoms with Crippen molar-refractivity contribution in [2.75, 3.05) is 20.3 Å². The maximum Gasteiger partial charge on any atom is 0.123 e. The molecule has 0 bridgehead atoms. The fourth-order valence-corrected chi connectivity index (χ4v) is 1.53. The van der Waals surface area contributed by atoms with E-state index in [1.54, 1.807) is 13.2 Å². The molecule has 0 heterocycles. The molecule has 0 aliphatic carbocycles. The van der Waals surface area contributed by atoms with Gasteiger partial charge in [-0.2, -0.15) is 0 Å². The maximum absolute atomic E-state index is 9.78. The van der Waals surface area contributed by atoms with Crippen molar-refractivity contribution in [3.8, 4) is 23.8 Å². The van der Waals surface area contributed by atoms with Crippen LogP contribution >= 0.6 is 0 Å². The van der Waals surface area contributed by atoms with E-state index < -0.39 is 6.10 Å². The Kier molecular flexibility index (Phi) is 6.80. The highest BCUT2D eigenvalue weighted by Crippen LogP contribution is 2.18. The van der Waals surface area contributed by atoms with Crippen molar-refractivity contribution in [3.63, 3.8) is 0 Å². The van der Waals surface area contributed by atoms with Crippen LogP contribution in [0.25, 0.3) is 0 Å². The van der Waals surface area contributed by atoms with Crippen molar-refractivity contribution < 1.29 is 14.6 Å². The van der Waals surface area contributed by atoms with Gasteiger partial charge in [-0.1, -0.05) is 6.07 Å². The lowest BCUT2D eigenvalue weighted by Crippen LogP contribution is -2.36. The lowest BCUT2D eigenvalue weighted by atomic mass is 10.2. The smallest absolute Gasteiger partial charge is 0.123 e. The zero-order chi connectivity index (χ0) is 14.1. The number of hydrogen-bond donors (Lipinski definition) is 2. The van der Waals surface area contributed by atoms with Gasteiger partial charge in [-0.3, -0.25) is 0 Å². The van der Waals surface area contributed by atoms with E-state index in [2.05, 4.69) is 11.2 Å². The number of rotatable bonds is 8. The molecular formula is C15H21NO3.